The first-order valence-electron chi connectivity index (χ1n) is 7.09. The molecule has 0 saturated heterocycles. The molecule has 0 bridgehead atoms. The quantitative estimate of drug-likeness (QED) is 0.579. The Hall–Kier alpha value is -0.120. The second-order valence-electron chi connectivity index (χ2n) is 5.52. The molecule has 1 atom stereocenters. The van der Waals surface area contributed by atoms with Crippen LogP contribution < -0.4 is 5.32 Å². The standard InChI is InChI=1S/C14H32N2O/c1-6-8-9-10-16(13(3)4)11-14(5,12-17)15-7-2/h13,15,17H,6-12H2,1-5H3. The van der Waals surface area contributed by atoms with Crippen molar-refractivity contribution in [3.05, 3.63) is 0 Å². The van der Waals surface area contributed by atoms with Crippen LogP contribution >= 0.6 is 0 Å². The van der Waals surface area contributed by atoms with Crippen molar-refractivity contribution < 1.29 is 5.11 Å². The maximum Gasteiger partial charge on any atom is 0.0623 e. The highest BCUT2D eigenvalue weighted by Gasteiger charge is 2.26. The molecule has 0 spiro atoms. The molecule has 0 heterocycles. The van der Waals surface area contributed by atoms with Crippen molar-refractivity contribution in [2.75, 3.05) is 26.2 Å². The minimum absolute atomic E-state index is 0.175. The van der Waals surface area contributed by atoms with Crippen molar-refractivity contribution in [1.29, 1.82) is 0 Å². The molecule has 0 aliphatic carbocycles. The molecule has 17 heavy (non-hydrogen) atoms. The van der Waals surface area contributed by atoms with E-state index in [0.29, 0.717) is 6.04 Å². The summed E-state index contributed by atoms with van der Waals surface area (Å²) >= 11 is 0. The number of rotatable bonds is 10. The van der Waals surface area contributed by atoms with E-state index < -0.39 is 0 Å². The lowest BCUT2D eigenvalue weighted by molar-refractivity contribution is 0.103. The molecular formula is C14H32N2O. The van der Waals surface area contributed by atoms with Gasteiger partial charge in [-0.2, -0.15) is 0 Å². The van der Waals surface area contributed by atoms with Crippen LogP contribution in [0.1, 0.15) is 53.9 Å². The van der Waals surface area contributed by atoms with Gasteiger partial charge in [0.05, 0.1) is 12.1 Å². The molecule has 104 valence electrons. The van der Waals surface area contributed by atoms with Gasteiger partial charge in [0.2, 0.25) is 0 Å². The van der Waals surface area contributed by atoms with E-state index in [-0.39, 0.29) is 12.1 Å². The minimum atomic E-state index is -0.175. The summed E-state index contributed by atoms with van der Waals surface area (Å²) in [6, 6.07) is 0.538. The highest BCUT2D eigenvalue weighted by atomic mass is 16.3. The molecule has 3 heteroatoms. The van der Waals surface area contributed by atoms with E-state index in [0.717, 1.165) is 19.6 Å². The summed E-state index contributed by atoms with van der Waals surface area (Å²) in [5.74, 6) is 0. The van der Waals surface area contributed by atoms with Crippen molar-refractivity contribution >= 4 is 0 Å². The van der Waals surface area contributed by atoms with Crippen LogP contribution in [-0.2, 0) is 0 Å². The number of nitrogens with one attached hydrogen (secondary N) is 1. The lowest BCUT2D eigenvalue weighted by atomic mass is 10.0. The van der Waals surface area contributed by atoms with Crippen LogP contribution in [0.4, 0.5) is 0 Å². The Balaban J connectivity index is 4.29. The number of aliphatic hydroxyl groups is 1. The molecule has 0 aromatic carbocycles. The maximum atomic E-state index is 9.53. The third-order valence-corrected chi connectivity index (χ3v) is 3.28. The lowest BCUT2D eigenvalue weighted by Gasteiger charge is -2.37. The van der Waals surface area contributed by atoms with Crippen LogP contribution in [0.25, 0.3) is 0 Å². The number of nitrogens with zero attached hydrogens (tertiary/aromatic N) is 1. The molecule has 2 N–H and O–H groups in total. The second-order valence-corrected chi connectivity index (χ2v) is 5.52. The zero-order valence-corrected chi connectivity index (χ0v) is 12.4. The Morgan fingerprint density at radius 2 is 1.88 bits per heavy atom. The van der Waals surface area contributed by atoms with Gasteiger partial charge in [0.1, 0.15) is 0 Å². The molecule has 0 amide bonds. The first-order chi connectivity index (χ1) is 7.99. The summed E-state index contributed by atoms with van der Waals surface area (Å²) < 4.78 is 0. The first-order valence-corrected chi connectivity index (χ1v) is 7.09. The predicted octanol–water partition coefficient (Wildman–Crippen LogP) is 2.25. The molecule has 0 aromatic rings. The third-order valence-electron chi connectivity index (χ3n) is 3.28. The smallest absolute Gasteiger partial charge is 0.0623 e. The average Bonchev–Trinajstić information content (AvgIpc) is 2.28. The fourth-order valence-corrected chi connectivity index (χ4v) is 2.12. The molecule has 0 rings (SSSR count). The van der Waals surface area contributed by atoms with Crippen molar-refractivity contribution in [1.82, 2.24) is 10.2 Å². The summed E-state index contributed by atoms with van der Waals surface area (Å²) in [5, 5.41) is 12.9. The van der Waals surface area contributed by atoms with Crippen LogP contribution in [0.15, 0.2) is 0 Å². The number of hydrogen-bond donors (Lipinski definition) is 2. The van der Waals surface area contributed by atoms with Gasteiger partial charge in [0.25, 0.3) is 0 Å². The van der Waals surface area contributed by atoms with Crippen LogP contribution in [0.3, 0.4) is 0 Å². The van der Waals surface area contributed by atoms with E-state index in [1.54, 1.807) is 0 Å². The molecular weight excluding hydrogens is 212 g/mol. The Morgan fingerprint density at radius 3 is 2.29 bits per heavy atom. The monoisotopic (exact) mass is 244 g/mol. The number of likely N-dealkylation sites (N-methyl/N-ethyl adjacent to an activating group) is 1. The number of aliphatic hydroxyl groups excluding tert-OH is 1. The number of hydrogen-bond acceptors (Lipinski definition) is 3. The second kappa shape index (κ2) is 8.90. The summed E-state index contributed by atoms with van der Waals surface area (Å²) in [6.07, 6.45) is 3.80. The van der Waals surface area contributed by atoms with Gasteiger partial charge in [-0.3, -0.25) is 4.90 Å². The SMILES string of the molecule is CCCCCN(CC(C)(CO)NCC)C(C)C. The third kappa shape index (κ3) is 7.02. The van der Waals surface area contributed by atoms with E-state index in [1.165, 1.54) is 19.3 Å². The van der Waals surface area contributed by atoms with Gasteiger partial charge < -0.3 is 10.4 Å². The van der Waals surface area contributed by atoms with Crippen LogP contribution in [0.2, 0.25) is 0 Å². The largest absolute Gasteiger partial charge is 0.394 e. The summed E-state index contributed by atoms with van der Waals surface area (Å²) in [5.41, 5.74) is -0.175. The van der Waals surface area contributed by atoms with Crippen LogP contribution in [0.5, 0.6) is 0 Å². The first kappa shape index (κ1) is 16.9. The zero-order chi connectivity index (χ0) is 13.3. The molecule has 0 aliphatic rings. The highest BCUT2D eigenvalue weighted by molar-refractivity contribution is 4.86. The van der Waals surface area contributed by atoms with Gasteiger partial charge in [0, 0.05) is 12.6 Å². The normalized spacial score (nSPS) is 15.5. The summed E-state index contributed by atoms with van der Waals surface area (Å²) in [6.45, 7) is 14.0. The summed E-state index contributed by atoms with van der Waals surface area (Å²) in [4.78, 5) is 2.47. The predicted molar refractivity (Wildman–Crippen MR) is 75.4 cm³/mol. The van der Waals surface area contributed by atoms with Crippen LogP contribution in [0, 0.1) is 0 Å². The van der Waals surface area contributed by atoms with E-state index in [2.05, 4.69) is 44.8 Å². The van der Waals surface area contributed by atoms with Gasteiger partial charge >= 0.3 is 0 Å². The highest BCUT2D eigenvalue weighted by Crippen LogP contribution is 2.11. The Kier molecular flexibility index (Phi) is 8.83. The molecule has 0 saturated carbocycles. The van der Waals surface area contributed by atoms with Gasteiger partial charge in [-0.15, -0.1) is 0 Å². The molecule has 0 fully saturated rings. The van der Waals surface area contributed by atoms with Crippen molar-refractivity contribution in [3.8, 4) is 0 Å². The van der Waals surface area contributed by atoms with Gasteiger partial charge in [-0.05, 0) is 40.3 Å². The molecule has 1 unspecified atom stereocenters. The molecule has 0 aliphatic heterocycles. The lowest BCUT2D eigenvalue weighted by Crippen LogP contribution is -2.55. The van der Waals surface area contributed by atoms with Crippen molar-refractivity contribution in [3.63, 3.8) is 0 Å². The van der Waals surface area contributed by atoms with E-state index >= 15 is 0 Å². The van der Waals surface area contributed by atoms with E-state index in [4.69, 9.17) is 0 Å². The fraction of sp³-hybridized carbons (Fsp3) is 1.00. The van der Waals surface area contributed by atoms with Crippen molar-refractivity contribution in [2.24, 2.45) is 0 Å². The average molecular weight is 244 g/mol. The van der Waals surface area contributed by atoms with E-state index in [9.17, 15) is 5.11 Å². The Labute approximate surface area is 108 Å². The van der Waals surface area contributed by atoms with Crippen molar-refractivity contribution in [2.45, 2.75) is 65.5 Å². The molecule has 0 aromatic heterocycles. The fourth-order valence-electron chi connectivity index (χ4n) is 2.12. The van der Waals surface area contributed by atoms with Gasteiger partial charge in [0.15, 0.2) is 0 Å². The Bertz CT molecular complexity index is 185. The molecule has 0 radical (unpaired) electrons. The topological polar surface area (TPSA) is 35.5 Å². The Morgan fingerprint density at radius 1 is 1.24 bits per heavy atom. The molecule has 3 nitrogen and oxygen atoms in total. The maximum absolute atomic E-state index is 9.53. The summed E-state index contributed by atoms with van der Waals surface area (Å²) in [7, 11) is 0. The van der Waals surface area contributed by atoms with Crippen LogP contribution in [-0.4, -0.2) is 47.8 Å². The van der Waals surface area contributed by atoms with Gasteiger partial charge in [-0.25, -0.2) is 0 Å². The number of unbranched alkanes of at least 4 members (excludes halogenated alkanes) is 2. The zero-order valence-electron chi connectivity index (χ0n) is 12.4. The van der Waals surface area contributed by atoms with Gasteiger partial charge in [-0.1, -0.05) is 26.7 Å². The minimum Gasteiger partial charge on any atom is -0.394 e. The van der Waals surface area contributed by atoms with E-state index in [1.807, 2.05) is 0 Å².